The van der Waals surface area contributed by atoms with Crippen LogP contribution < -0.4 is 5.32 Å². The smallest absolute Gasteiger partial charge is 0.256 e. The van der Waals surface area contributed by atoms with E-state index >= 15 is 0 Å². The Hall–Kier alpha value is -2.17. The van der Waals surface area contributed by atoms with Gasteiger partial charge in [0, 0.05) is 13.1 Å². The van der Waals surface area contributed by atoms with Crippen LogP contribution in [0.3, 0.4) is 0 Å². The van der Waals surface area contributed by atoms with Crippen LogP contribution in [0.2, 0.25) is 0 Å². The van der Waals surface area contributed by atoms with Gasteiger partial charge in [-0.05, 0) is 37.1 Å². The molecule has 26 heavy (non-hydrogen) atoms. The van der Waals surface area contributed by atoms with E-state index in [0.29, 0.717) is 12.1 Å². The van der Waals surface area contributed by atoms with Gasteiger partial charge in [0.25, 0.3) is 5.91 Å². The zero-order valence-electron chi connectivity index (χ0n) is 16.0. The summed E-state index contributed by atoms with van der Waals surface area (Å²) in [5, 5.41) is 13.9. The molecule has 0 aromatic heterocycles. The van der Waals surface area contributed by atoms with E-state index in [-0.39, 0.29) is 11.8 Å². The van der Waals surface area contributed by atoms with Crippen LogP contribution in [0, 0.1) is 5.92 Å². The fourth-order valence-electron chi connectivity index (χ4n) is 3.08. The van der Waals surface area contributed by atoms with Gasteiger partial charge in [0.2, 0.25) is 0 Å². The van der Waals surface area contributed by atoms with Gasteiger partial charge < -0.3 is 15.3 Å². The molecule has 2 N–H and O–H groups in total. The molecule has 0 aliphatic rings. The Kier molecular flexibility index (Phi) is 7.37. The Morgan fingerprint density at radius 2 is 1.65 bits per heavy atom. The normalized spacial score (nSPS) is 13.6. The van der Waals surface area contributed by atoms with Gasteiger partial charge in [0.1, 0.15) is 0 Å². The number of nitrogens with zero attached hydrogens (tertiary/aromatic N) is 1. The molecule has 4 heteroatoms. The largest absolute Gasteiger partial charge is 0.375 e. The van der Waals surface area contributed by atoms with Gasteiger partial charge in [-0.15, -0.1) is 0 Å². The van der Waals surface area contributed by atoms with Crippen LogP contribution in [0.4, 0.5) is 0 Å². The second kappa shape index (κ2) is 9.51. The van der Waals surface area contributed by atoms with Crippen LogP contribution in [0.15, 0.2) is 60.7 Å². The molecule has 1 atom stereocenters. The fourth-order valence-corrected chi connectivity index (χ4v) is 3.08. The maximum atomic E-state index is 12.7. The summed E-state index contributed by atoms with van der Waals surface area (Å²) in [5.74, 6) is -0.546. The van der Waals surface area contributed by atoms with Crippen LogP contribution in [0.25, 0.3) is 0 Å². The third kappa shape index (κ3) is 5.16. The van der Waals surface area contributed by atoms with Gasteiger partial charge in [-0.25, -0.2) is 0 Å². The lowest BCUT2D eigenvalue weighted by atomic mass is 9.82. The first-order chi connectivity index (χ1) is 12.4. The molecule has 140 valence electrons. The van der Waals surface area contributed by atoms with Crippen LogP contribution in [0.5, 0.6) is 0 Å². The van der Waals surface area contributed by atoms with Crippen molar-refractivity contribution in [2.75, 3.05) is 20.1 Å². The molecule has 2 aromatic carbocycles. The molecule has 0 saturated carbocycles. The third-order valence-corrected chi connectivity index (χ3v) is 4.69. The van der Waals surface area contributed by atoms with E-state index in [0.717, 1.165) is 19.5 Å². The highest BCUT2D eigenvalue weighted by Crippen LogP contribution is 2.29. The summed E-state index contributed by atoms with van der Waals surface area (Å²) in [6, 6.07) is 19.5. The molecule has 2 aromatic rings. The van der Waals surface area contributed by atoms with E-state index in [2.05, 4.69) is 29.4 Å². The summed E-state index contributed by atoms with van der Waals surface area (Å²) in [7, 11) is 2.07. The summed E-state index contributed by atoms with van der Waals surface area (Å²) in [6.07, 6.45) is 0.831. The zero-order valence-corrected chi connectivity index (χ0v) is 16.0. The predicted octanol–water partition coefficient (Wildman–Crippen LogP) is 3.17. The van der Waals surface area contributed by atoms with Crippen molar-refractivity contribution in [3.63, 3.8) is 0 Å². The maximum absolute atomic E-state index is 12.7. The topological polar surface area (TPSA) is 52.6 Å². The number of rotatable bonds is 9. The Morgan fingerprint density at radius 3 is 2.23 bits per heavy atom. The molecule has 0 aliphatic carbocycles. The van der Waals surface area contributed by atoms with Gasteiger partial charge >= 0.3 is 0 Å². The van der Waals surface area contributed by atoms with Crippen molar-refractivity contribution in [3.05, 3.63) is 71.8 Å². The molecule has 0 heterocycles. The summed E-state index contributed by atoms with van der Waals surface area (Å²) in [5.41, 5.74) is 0.406. The van der Waals surface area contributed by atoms with E-state index in [9.17, 15) is 9.90 Å². The highest BCUT2D eigenvalue weighted by molar-refractivity contribution is 5.86. The van der Waals surface area contributed by atoms with Crippen LogP contribution in [-0.4, -0.2) is 36.1 Å². The molecule has 0 unspecified atom stereocenters. The lowest BCUT2D eigenvalue weighted by molar-refractivity contribution is -0.146. The number of carbonyl (C=O) groups is 1. The zero-order chi connectivity index (χ0) is 19.0. The van der Waals surface area contributed by atoms with Crippen LogP contribution >= 0.6 is 0 Å². The van der Waals surface area contributed by atoms with Crippen molar-refractivity contribution >= 4 is 5.91 Å². The number of hydrogen-bond donors (Lipinski definition) is 2. The minimum absolute atomic E-state index is 0.217. The van der Waals surface area contributed by atoms with Gasteiger partial charge in [0.05, 0.1) is 0 Å². The summed E-state index contributed by atoms with van der Waals surface area (Å²) < 4.78 is 0. The molecule has 0 saturated heterocycles. The van der Waals surface area contributed by atoms with Gasteiger partial charge in [-0.1, -0.05) is 74.5 Å². The number of aliphatic hydroxyl groups is 1. The van der Waals surface area contributed by atoms with Crippen molar-refractivity contribution in [1.29, 1.82) is 0 Å². The molecule has 2 rings (SSSR count). The minimum Gasteiger partial charge on any atom is -0.375 e. The molecule has 0 bridgehead atoms. The maximum Gasteiger partial charge on any atom is 0.256 e. The lowest BCUT2D eigenvalue weighted by Crippen LogP contribution is -2.48. The van der Waals surface area contributed by atoms with Crippen molar-refractivity contribution < 1.29 is 9.90 Å². The standard InChI is InChI=1S/C22H30N2O2/c1-18(2)22(26,20-13-8-5-9-14-20)21(25)23-15-10-16-24(3)17-19-11-6-4-7-12-19/h4-9,11-14,18,26H,10,15-17H2,1-3H3,(H,23,25)/t22-/m0/s1. The quantitative estimate of drug-likeness (QED) is 0.680. The molecule has 0 spiro atoms. The Bertz CT molecular complexity index is 673. The predicted molar refractivity (Wildman–Crippen MR) is 106 cm³/mol. The number of nitrogens with one attached hydrogen (secondary N) is 1. The molecule has 0 radical (unpaired) electrons. The molecule has 0 fully saturated rings. The van der Waals surface area contributed by atoms with E-state index < -0.39 is 5.60 Å². The Balaban J connectivity index is 1.83. The summed E-state index contributed by atoms with van der Waals surface area (Å²) >= 11 is 0. The Labute approximate surface area is 156 Å². The average molecular weight is 354 g/mol. The average Bonchev–Trinajstić information content (AvgIpc) is 2.65. The van der Waals surface area contributed by atoms with Crippen molar-refractivity contribution in [1.82, 2.24) is 10.2 Å². The van der Waals surface area contributed by atoms with Crippen molar-refractivity contribution in [3.8, 4) is 0 Å². The number of benzene rings is 2. The molecule has 4 nitrogen and oxygen atoms in total. The fraction of sp³-hybridized carbons (Fsp3) is 0.409. The SMILES string of the molecule is CC(C)[C@@](O)(C(=O)NCCCN(C)Cc1ccccc1)c1ccccc1. The van der Waals surface area contributed by atoms with Gasteiger partial charge in [-0.3, -0.25) is 4.79 Å². The van der Waals surface area contributed by atoms with E-state index in [1.807, 2.05) is 50.2 Å². The van der Waals surface area contributed by atoms with Crippen molar-refractivity contribution in [2.24, 2.45) is 5.92 Å². The molecular formula is C22H30N2O2. The highest BCUT2D eigenvalue weighted by atomic mass is 16.3. The van der Waals surface area contributed by atoms with Gasteiger partial charge in [0.15, 0.2) is 5.60 Å². The molecular weight excluding hydrogens is 324 g/mol. The third-order valence-electron chi connectivity index (χ3n) is 4.69. The van der Waals surface area contributed by atoms with Crippen molar-refractivity contribution in [2.45, 2.75) is 32.4 Å². The van der Waals surface area contributed by atoms with Crippen LogP contribution in [0.1, 0.15) is 31.4 Å². The molecule has 0 aliphatic heterocycles. The second-order valence-corrected chi connectivity index (χ2v) is 7.12. The number of carbonyl (C=O) groups excluding carboxylic acids is 1. The lowest BCUT2D eigenvalue weighted by Gasteiger charge is -2.31. The minimum atomic E-state index is -1.50. The second-order valence-electron chi connectivity index (χ2n) is 7.12. The van der Waals surface area contributed by atoms with E-state index in [4.69, 9.17) is 0 Å². The first-order valence-corrected chi connectivity index (χ1v) is 9.23. The number of hydrogen-bond acceptors (Lipinski definition) is 3. The monoisotopic (exact) mass is 354 g/mol. The molecule has 1 amide bonds. The summed E-state index contributed by atoms with van der Waals surface area (Å²) in [6.45, 7) is 6.02. The van der Waals surface area contributed by atoms with Crippen LogP contribution in [-0.2, 0) is 16.9 Å². The first-order valence-electron chi connectivity index (χ1n) is 9.23. The van der Waals surface area contributed by atoms with E-state index in [1.54, 1.807) is 12.1 Å². The van der Waals surface area contributed by atoms with E-state index in [1.165, 1.54) is 5.56 Å². The first kappa shape index (κ1) is 20.1. The highest BCUT2D eigenvalue weighted by Gasteiger charge is 2.40. The Morgan fingerprint density at radius 1 is 1.08 bits per heavy atom. The number of amides is 1. The van der Waals surface area contributed by atoms with Gasteiger partial charge in [-0.2, -0.15) is 0 Å². The summed E-state index contributed by atoms with van der Waals surface area (Å²) in [4.78, 5) is 14.9.